The summed E-state index contributed by atoms with van der Waals surface area (Å²) in [6, 6.07) is 59.2. The number of ether oxygens (including phenoxy) is 2. The van der Waals surface area contributed by atoms with Crippen molar-refractivity contribution in [2.75, 3.05) is 0 Å². The number of halogens is 18. The van der Waals surface area contributed by atoms with Crippen LogP contribution in [0.1, 0.15) is 33.9 Å². The molecule has 0 saturated heterocycles. The quantitative estimate of drug-likeness (QED) is 0.0764. The van der Waals surface area contributed by atoms with Gasteiger partial charge in [0.25, 0.3) is 0 Å². The number of hydrogen-bond donors (Lipinski definition) is 4. The number of aromatic nitrogens is 8. The first-order chi connectivity index (χ1) is 55.0. The summed E-state index contributed by atoms with van der Waals surface area (Å²) in [4.78, 5) is 31.0. The Hall–Kier alpha value is -12.1. The van der Waals surface area contributed by atoms with Crippen molar-refractivity contribution in [3.05, 3.63) is 295 Å². The zero-order valence-electron chi connectivity index (χ0n) is 60.0. The highest BCUT2D eigenvalue weighted by Gasteiger charge is 2.35. The number of aromatic amines is 4. The maximum atomic E-state index is 13.1. The van der Waals surface area contributed by atoms with Gasteiger partial charge in [-0.3, -0.25) is 0 Å². The van der Waals surface area contributed by atoms with Crippen molar-refractivity contribution in [1.82, 2.24) is 39.9 Å². The second kappa shape index (κ2) is 33.7. The Morgan fingerprint density at radius 2 is 0.578 bits per heavy atom. The smallest absolute Gasteiger partial charge is 0.453 e. The molecule has 8 aromatic carbocycles. The van der Waals surface area contributed by atoms with Gasteiger partial charge < -0.3 is 47.1 Å². The summed E-state index contributed by atoms with van der Waals surface area (Å²) in [6.07, 6.45) is -18.4. The third kappa shape index (κ3) is 20.0. The number of H-pyrrole nitrogens is 4. The number of aryl methyl sites for hydroxylation is 4. The van der Waals surface area contributed by atoms with Crippen molar-refractivity contribution in [3.63, 3.8) is 0 Å². The maximum absolute atomic E-state index is 13.1. The minimum atomic E-state index is -4.82. The van der Waals surface area contributed by atoms with E-state index >= 15 is 0 Å². The fourth-order valence-electron chi connectivity index (χ4n) is 11.7. The Labute approximate surface area is 674 Å². The van der Waals surface area contributed by atoms with Crippen LogP contribution in [0, 0.1) is 33.5 Å². The predicted molar refractivity (Wildman–Crippen MR) is 416 cm³/mol. The summed E-state index contributed by atoms with van der Waals surface area (Å²) in [7, 11) is 0. The summed E-state index contributed by atoms with van der Waals surface area (Å²) in [5.74, 6) is 4.59. The molecule has 8 heterocycles. The van der Waals surface area contributed by atoms with Crippen molar-refractivity contribution in [3.8, 4) is 148 Å². The number of furan rings is 4. The van der Waals surface area contributed by atoms with Crippen LogP contribution in [0.3, 0.4) is 0 Å². The van der Waals surface area contributed by atoms with Crippen molar-refractivity contribution < 1.29 is 84.2 Å². The minimum absolute atomic E-state index is 0.179. The molecule has 0 spiro atoms. The molecule has 0 radical (unpaired) electrons. The molecule has 14 nitrogen and oxygen atoms in total. The molecule has 4 N–H and O–H groups in total. The molecule has 0 fully saturated rings. The highest BCUT2D eigenvalue weighted by atomic mass is 35.5. The number of hydrogen-bond acceptors (Lipinski definition) is 10. The Balaban J connectivity index is 0.000000135. The lowest BCUT2D eigenvalue weighted by Crippen LogP contribution is -2.17. The summed E-state index contributed by atoms with van der Waals surface area (Å²) < 4.78 is 195. The number of nitrogens with zero attached hydrogens (tertiary/aromatic N) is 4. The summed E-state index contributed by atoms with van der Waals surface area (Å²) in [6.45, 7) is 7.53. The van der Waals surface area contributed by atoms with Gasteiger partial charge in [-0.2, -0.15) is 26.3 Å². The number of imidazole rings is 4. The number of rotatable bonds is 14. The second-order valence-corrected chi connectivity index (χ2v) is 27.6. The summed E-state index contributed by atoms with van der Waals surface area (Å²) in [5.41, 5.74) is 10.3. The zero-order valence-corrected chi connectivity index (χ0v) is 63.8. The van der Waals surface area contributed by atoms with Crippen LogP contribution >= 0.6 is 58.0 Å². The molecule has 32 heteroatoms. The van der Waals surface area contributed by atoms with Gasteiger partial charge in [-0.25, -0.2) is 24.3 Å². The van der Waals surface area contributed by atoms with Crippen molar-refractivity contribution in [1.29, 1.82) is 0 Å². The molecule has 0 bridgehead atoms. The molecular formula is C84H54Cl5F13N8O6. The third-order valence-corrected chi connectivity index (χ3v) is 18.6. The van der Waals surface area contributed by atoms with Crippen molar-refractivity contribution >= 4 is 58.0 Å². The highest BCUT2D eigenvalue weighted by molar-refractivity contribution is 6.33. The van der Waals surface area contributed by atoms with Crippen molar-refractivity contribution in [2.45, 2.75) is 52.8 Å². The largest absolute Gasteiger partial charge is 0.573 e. The lowest BCUT2D eigenvalue weighted by atomic mass is 10.1. The van der Waals surface area contributed by atoms with Crippen LogP contribution in [0.2, 0.25) is 25.1 Å². The van der Waals surface area contributed by atoms with Gasteiger partial charge in [0.05, 0.1) is 43.9 Å². The van der Waals surface area contributed by atoms with Gasteiger partial charge in [0.15, 0.2) is 46.3 Å². The van der Waals surface area contributed by atoms with Crippen molar-refractivity contribution in [2.24, 2.45) is 0 Å². The van der Waals surface area contributed by atoms with E-state index in [1.807, 2.05) is 64.1 Å². The Morgan fingerprint density at radius 1 is 0.293 bits per heavy atom. The average molecular weight is 1700 g/mol. The second-order valence-electron chi connectivity index (χ2n) is 25.5. The highest BCUT2D eigenvalue weighted by Crippen LogP contribution is 2.42. The fourth-order valence-corrected chi connectivity index (χ4v) is 12.6. The van der Waals surface area contributed by atoms with E-state index < -0.39 is 47.0 Å². The van der Waals surface area contributed by atoms with Crippen LogP contribution in [0.4, 0.5) is 57.1 Å². The standard InChI is InChI=1S/C21H13Cl2F3N2O2.C21H13ClF4N2O.C21H14ClF3N2O2.C21H14ClF3N2O/c1-11-19(12-2-5-14(22)6-3-12)28-20(27-11)18-9-8-16(29-18)13-4-7-17(15(23)10-13)30-21(24,25)26;1-11-19(12-2-5-14(23)6-3-12)28-20(27-11)18-9-8-17(29-18)13-4-7-15(16(22)10-13)21(24,25)26;1-12-19(14-2-6-15(22)7-3-14)27-20(26-12)18-11-10-17(28-18)13-4-8-16(9-5-13)29-21(23,24)25;1-12-19(14-4-8-16(22)9-5-14)27-20(26-12)18-11-10-17(28-18)13-2-6-15(7-3-13)21(23,24)25/h2-10H,1H3,(H,27,28);2-10H,1H3,(H,27,28);2-11H,1H3,(H,26,27);2-11H,1H3,(H,26,27). The zero-order chi connectivity index (χ0) is 82.7. The van der Waals surface area contributed by atoms with Crippen LogP contribution in [-0.2, 0) is 12.4 Å². The van der Waals surface area contributed by atoms with E-state index in [1.165, 1.54) is 72.8 Å². The first kappa shape index (κ1) is 81.9. The lowest BCUT2D eigenvalue weighted by Gasteiger charge is -2.10. The maximum Gasteiger partial charge on any atom is 0.573 e. The molecule has 116 heavy (non-hydrogen) atoms. The Bertz CT molecular complexity index is 6100. The molecule has 0 aliphatic carbocycles. The van der Waals surface area contributed by atoms with Crippen LogP contribution in [0.5, 0.6) is 11.5 Å². The first-order valence-corrected chi connectivity index (χ1v) is 36.1. The summed E-state index contributed by atoms with van der Waals surface area (Å²) in [5, 5.41) is 1.34. The van der Waals surface area contributed by atoms with E-state index in [0.717, 1.165) is 86.4 Å². The van der Waals surface area contributed by atoms with Gasteiger partial charge in [0, 0.05) is 82.4 Å². The van der Waals surface area contributed by atoms with E-state index in [9.17, 15) is 57.1 Å². The fraction of sp³-hybridized carbons (Fsp3) is 0.0952. The predicted octanol–water partition coefficient (Wildman–Crippen LogP) is 28.5. The third-order valence-electron chi connectivity index (χ3n) is 17.2. The Morgan fingerprint density at radius 3 is 0.888 bits per heavy atom. The lowest BCUT2D eigenvalue weighted by molar-refractivity contribution is -0.275. The first-order valence-electron chi connectivity index (χ1n) is 34.2. The van der Waals surface area contributed by atoms with E-state index in [1.54, 1.807) is 97.1 Å². The van der Waals surface area contributed by atoms with Gasteiger partial charge >= 0.3 is 25.1 Å². The Kier molecular flexibility index (Phi) is 23.8. The SMILES string of the molecule is Cc1[nH]c(-c2ccc(-c3ccc(C(F)(F)F)c(Cl)c3)o2)nc1-c1ccc(F)cc1.Cc1[nH]c(-c2ccc(-c3ccc(C(F)(F)F)cc3)o2)nc1-c1ccc(Cl)cc1.Cc1[nH]c(-c2ccc(-c3ccc(OC(F)(F)F)c(Cl)c3)o2)nc1-c1ccc(Cl)cc1.Cc1[nH]c(-c2ccc(-c3ccc(OC(F)(F)F)cc3)o2)nc1-c1ccc(Cl)cc1. The molecule has 8 aromatic heterocycles. The van der Waals surface area contributed by atoms with Gasteiger partial charge in [-0.05, 0) is 204 Å². The van der Waals surface area contributed by atoms with E-state index in [4.69, 9.17) is 75.7 Å². The molecule has 0 amide bonds. The monoisotopic (exact) mass is 1690 g/mol. The molecule has 0 unspecified atom stereocenters. The number of benzene rings is 8. The number of alkyl halides is 12. The van der Waals surface area contributed by atoms with Gasteiger partial charge in [-0.1, -0.05) is 113 Å². The van der Waals surface area contributed by atoms with Gasteiger partial charge in [0.2, 0.25) is 0 Å². The van der Waals surface area contributed by atoms with Crippen LogP contribution in [0.15, 0.2) is 248 Å². The van der Waals surface area contributed by atoms with E-state index in [2.05, 4.69) is 49.3 Å². The van der Waals surface area contributed by atoms with E-state index in [-0.39, 0.29) is 16.6 Å². The number of nitrogens with one attached hydrogen (secondary N) is 4. The molecule has 592 valence electrons. The molecule has 16 rings (SSSR count). The molecule has 0 saturated carbocycles. The van der Waals surface area contributed by atoms with E-state index in [0.29, 0.717) is 112 Å². The van der Waals surface area contributed by atoms with Crippen LogP contribution in [0.25, 0.3) is 137 Å². The normalized spacial score (nSPS) is 11.7. The topological polar surface area (TPSA) is 186 Å². The molecule has 16 aromatic rings. The molecule has 0 aliphatic heterocycles. The van der Waals surface area contributed by atoms with Crippen LogP contribution < -0.4 is 9.47 Å². The molecular weight excluding hydrogens is 1640 g/mol. The van der Waals surface area contributed by atoms with Gasteiger partial charge in [0.1, 0.15) is 40.4 Å². The minimum Gasteiger partial charge on any atom is -0.453 e. The van der Waals surface area contributed by atoms with Crippen LogP contribution in [-0.4, -0.2) is 52.6 Å². The van der Waals surface area contributed by atoms with Gasteiger partial charge in [-0.15, -0.1) is 26.3 Å². The molecule has 0 aliphatic rings. The average Bonchev–Trinajstić information content (AvgIpc) is 1.62. The molecule has 0 atom stereocenters. The summed E-state index contributed by atoms with van der Waals surface area (Å²) >= 11 is 29.5.